The predicted molar refractivity (Wildman–Crippen MR) is 80.5 cm³/mol. The summed E-state index contributed by atoms with van der Waals surface area (Å²) in [5, 5.41) is 5.12. The van der Waals surface area contributed by atoms with Crippen LogP contribution < -0.4 is 10.6 Å². The minimum atomic E-state index is -0.666. The van der Waals surface area contributed by atoms with Gasteiger partial charge in [0.25, 0.3) is 0 Å². The van der Waals surface area contributed by atoms with Gasteiger partial charge in [0.15, 0.2) is 0 Å². The molecule has 0 spiro atoms. The number of hydrogen-bond acceptors (Lipinski definition) is 3. The second-order valence-corrected chi connectivity index (χ2v) is 5.51. The molecule has 0 bridgehead atoms. The Morgan fingerprint density at radius 1 is 1.35 bits per heavy atom. The molecule has 0 aliphatic heterocycles. The van der Waals surface area contributed by atoms with Crippen LogP contribution >= 0.6 is 15.9 Å². The molecule has 0 aliphatic rings. The minimum absolute atomic E-state index is 0.230. The van der Waals surface area contributed by atoms with Gasteiger partial charge in [-0.05, 0) is 31.5 Å². The third-order valence-electron chi connectivity index (χ3n) is 2.53. The molecule has 1 atom stereocenters. The van der Waals surface area contributed by atoms with E-state index in [4.69, 9.17) is 4.74 Å². The number of carbonyl (C=O) groups excluding carboxylic acids is 2. The molecule has 0 heterocycles. The van der Waals surface area contributed by atoms with Gasteiger partial charge in [0.1, 0.15) is 6.04 Å². The standard InChI is InChI=1S/C14H19BrN2O3/c1-9(2)20-14(19)17-12(13(18)16-3)8-10-5-4-6-11(15)7-10/h4-7,9,12H,8H2,1-3H3,(H,16,18)(H,17,19). The fourth-order valence-corrected chi connectivity index (χ4v) is 2.12. The molecule has 1 aromatic rings. The van der Waals surface area contributed by atoms with Crippen molar-refractivity contribution in [1.82, 2.24) is 10.6 Å². The van der Waals surface area contributed by atoms with Crippen LogP contribution in [0, 0.1) is 0 Å². The summed E-state index contributed by atoms with van der Waals surface area (Å²) in [6.07, 6.45) is -0.429. The summed E-state index contributed by atoms with van der Waals surface area (Å²) in [6.45, 7) is 3.51. The molecular formula is C14H19BrN2O3. The Morgan fingerprint density at radius 3 is 2.60 bits per heavy atom. The third-order valence-corrected chi connectivity index (χ3v) is 3.02. The van der Waals surface area contributed by atoms with Gasteiger partial charge in [-0.1, -0.05) is 28.1 Å². The fraction of sp³-hybridized carbons (Fsp3) is 0.429. The average Bonchev–Trinajstić information content (AvgIpc) is 2.36. The van der Waals surface area contributed by atoms with E-state index in [0.717, 1.165) is 10.0 Å². The number of alkyl carbamates (subject to hydrolysis) is 1. The SMILES string of the molecule is CNC(=O)C(Cc1cccc(Br)c1)NC(=O)OC(C)C. The Labute approximate surface area is 127 Å². The molecule has 0 saturated carbocycles. The lowest BCUT2D eigenvalue weighted by Crippen LogP contribution is -2.47. The van der Waals surface area contributed by atoms with Crippen LogP contribution in [0.5, 0.6) is 0 Å². The molecular weight excluding hydrogens is 324 g/mol. The molecule has 0 saturated heterocycles. The second kappa shape index (κ2) is 7.89. The van der Waals surface area contributed by atoms with Crippen LogP contribution in [0.25, 0.3) is 0 Å². The number of nitrogens with one attached hydrogen (secondary N) is 2. The van der Waals surface area contributed by atoms with Crippen molar-refractivity contribution in [2.24, 2.45) is 0 Å². The van der Waals surface area contributed by atoms with Crippen LogP contribution in [0.2, 0.25) is 0 Å². The summed E-state index contributed by atoms with van der Waals surface area (Å²) in [4.78, 5) is 23.4. The maximum absolute atomic E-state index is 11.8. The monoisotopic (exact) mass is 342 g/mol. The molecule has 2 N–H and O–H groups in total. The first kappa shape index (κ1) is 16.5. The number of halogens is 1. The van der Waals surface area contributed by atoms with Gasteiger partial charge in [-0.15, -0.1) is 0 Å². The van der Waals surface area contributed by atoms with Crippen LogP contribution in [-0.2, 0) is 16.0 Å². The highest BCUT2D eigenvalue weighted by Crippen LogP contribution is 2.13. The van der Waals surface area contributed by atoms with Crippen molar-refractivity contribution in [3.05, 3.63) is 34.3 Å². The summed E-state index contributed by atoms with van der Waals surface area (Å²) >= 11 is 3.38. The van der Waals surface area contributed by atoms with Crippen molar-refractivity contribution in [2.75, 3.05) is 7.05 Å². The van der Waals surface area contributed by atoms with Crippen molar-refractivity contribution in [1.29, 1.82) is 0 Å². The van der Waals surface area contributed by atoms with Crippen molar-refractivity contribution in [3.63, 3.8) is 0 Å². The molecule has 110 valence electrons. The Hall–Kier alpha value is -1.56. The predicted octanol–water partition coefficient (Wildman–Crippen LogP) is 2.24. The Bertz CT molecular complexity index is 477. The van der Waals surface area contributed by atoms with Crippen molar-refractivity contribution < 1.29 is 14.3 Å². The summed E-state index contributed by atoms with van der Waals surface area (Å²) in [6, 6.07) is 6.92. The largest absolute Gasteiger partial charge is 0.447 e. The summed E-state index contributed by atoms with van der Waals surface area (Å²) in [5.41, 5.74) is 0.942. The minimum Gasteiger partial charge on any atom is -0.447 e. The average molecular weight is 343 g/mol. The van der Waals surface area contributed by atoms with E-state index < -0.39 is 12.1 Å². The Morgan fingerprint density at radius 2 is 2.05 bits per heavy atom. The van der Waals surface area contributed by atoms with Crippen LogP contribution in [0.4, 0.5) is 4.79 Å². The second-order valence-electron chi connectivity index (χ2n) is 4.60. The molecule has 0 fully saturated rings. The normalized spacial score (nSPS) is 11.8. The van der Waals surface area contributed by atoms with Gasteiger partial charge in [-0.3, -0.25) is 4.79 Å². The van der Waals surface area contributed by atoms with Gasteiger partial charge >= 0.3 is 6.09 Å². The summed E-state index contributed by atoms with van der Waals surface area (Å²) in [5.74, 6) is -0.259. The van der Waals surface area contributed by atoms with Crippen LogP contribution in [-0.4, -0.2) is 31.2 Å². The summed E-state index contributed by atoms with van der Waals surface area (Å²) < 4.78 is 5.92. The molecule has 1 rings (SSSR count). The fourth-order valence-electron chi connectivity index (χ4n) is 1.67. The number of carbonyl (C=O) groups is 2. The number of benzene rings is 1. The van der Waals surface area contributed by atoms with Crippen molar-refractivity contribution in [2.45, 2.75) is 32.4 Å². The zero-order chi connectivity index (χ0) is 15.1. The molecule has 5 nitrogen and oxygen atoms in total. The Balaban J connectivity index is 2.74. The molecule has 0 aliphatic carbocycles. The molecule has 2 amide bonds. The number of hydrogen-bond donors (Lipinski definition) is 2. The van der Waals surface area contributed by atoms with Crippen LogP contribution in [0.3, 0.4) is 0 Å². The van der Waals surface area contributed by atoms with E-state index >= 15 is 0 Å². The van der Waals surface area contributed by atoms with E-state index in [0.29, 0.717) is 6.42 Å². The first-order valence-electron chi connectivity index (χ1n) is 6.35. The number of amides is 2. The van der Waals surface area contributed by atoms with Crippen LogP contribution in [0.15, 0.2) is 28.7 Å². The summed E-state index contributed by atoms with van der Waals surface area (Å²) in [7, 11) is 1.53. The van der Waals surface area contributed by atoms with Crippen molar-refractivity contribution in [3.8, 4) is 0 Å². The number of ether oxygens (including phenoxy) is 1. The first-order chi connectivity index (χ1) is 9.42. The topological polar surface area (TPSA) is 67.4 Å². The van der Waals surface area contributed by atoms with Gasteiger partial charge in [-0.25, -0.2) is 4.79 Å². The molecule has 20 heavy (non-hydrogen) atoms. The van der Waals surface area contributed by atoms with E-state index in [1.165, 1.54) is 7.05 Å². The first-order valence-corrected chi connectivity index (χ1v) is 7.15. The van der Waals surface area contributed by atoms with Gasteiger partial charge in [0.2, 0.25) is 5.91 Å². The van der Waals surface area contributed by atoms with E-state index in [1.807, 2.05) is 24.3 Å². The molecule has 0 radical (unpaired) electrons. The molecule has 6 heteroatoms. The number of rotatable bonds is 5. The maximum Gasteiger partial charge on any atom is 0.408 e. The highest BCUT2D eigenvalue weighted by molar-refractivity contribution is 9.10. The highest BCUT2D eigenvalue weighted by atomic mass is 79.9. The van der Waals surface area contributed by atoms with E-state index in [9.17, 15) is 9.59 Å². The van der Waals surface area contributed by atoms with E-state index in [2.05, 4.69) is 26.6 Å². The molecule has 1 aromatic carbocycles. The lowest BCUT2D eigenvalue weighted by atomic mass is 10.1. The quantitative estimate of drug-likeness (QED) is 0.862. The number of likely N-dealkylation sites (N-methyl/N-ethyl adjacent to an activating group) is 1. The third kappa shape index (κ3) is 5.61. The molecule has 0 aromatic heterocycles. The molecule has 1 unspecified atom stereocenters. The van der Waals surface area contributed by atoms with E-state index in [1.54, 1.807) is 13.8 Å². The van der Waals surface area contributed by atoms with Gasteiger partial charge < -0.3 is 15.4 Å². The van der Waals surface area contributed by atoms with Gasteiger partial charge in [0, 0.05) is 17.9 Å². The Kier molecular flexibility index (Phi) is 6.51. The lowest BCUT2D eigenvalue weighted by molar-refractivity contribution is -0.122. The smallest absolute Gasteiger partial charge is 0.408 e. The van der Waals surface area contributed by atoms with E-state index in [-0.39, 0.29) is 12.0 Å². The van der Waals surface area contributed by atoms with Crippen LogP contribution in [0.1, 0.15) is 19.4 Å². The zero-order valence-electron chi connectivity index (χ0n) is 11.8. The van der Waals surface area contributed by atoms with Gasteiger partial charge in [-0.2, -0.15) is 0 Å². The van der Waals surface area contributed by atoms with Crippen molar-refractivity contribution >= 4 is 27.9 Å². The lowest BCUT2D eigenvalue weighted by Gasteiger charge is -2.18. The van der Waals surface area contributed by atoms with Gasteiger partial charge in [0.05, 0.1) is 6.10 Å². The maximum atomic E-state index is 11.8. The zero-order valence-corrected chi connectivity index (χ0v) is 13.4. The highest BCUT2D eigenvalue weighted by Gasteiger charge is 2.21.